The highest BCUT2D eigenvalue weighted by molar-refractivity contribution is 8.13. The monoisotopic (exact) mass is 777 g/mol. The van der Waals surface area contributed by atoms with E-state index in [2.05, 4.69) is 67.8 Å². The fourth-order valence-corrected chi connectivity index (χ4v) is 6.77. The summed E-state index contributed by atoms with van der Waals surface area (Å²) in [5.74, 6) is 0.300. The van der Waals surface area contributed by atoms with Gasteiger partial charge in [-0.05, 0) is 91.1 Å². The van der Waals surface area contributed by atoms with E-state index in [9.17, 15) is 14.7 Å². The molecule has 8 heteroatoms. The smallest absolute Gasteiger partial charge is 0.307 e. The molecule has 0 aliphatic carbocycles. The van der Waals surface area contributed by atoms with E-state index in [1.165, 1.54) is 102 Å². The van der Waals surface area contributed by atoms with E-state index < -0.39 is 12.3 Å². The Morgan fingerprint density at radius 2 is 1.07 bits per heavy atom. The van der Waals surface area contributed by atoms with Crippen LogP contribution in [0.5, 0.6) is 0 Å². The number of rotatable bonds is 39. The van der Waals surface area contributed by atoms with Crippen LogP contribution in [-0.2, 0) is 14.3 Å². The molecular weight excluding hydrogens is 693 g/mol. The summed E-state index contributed by atoms with van der Waals surface area (Å²) >= 11 is 1.19. The highest BCUT2D eigenvalue weighted by atomic mass is 32.2. The summed E-state index contributed by atoms with van der Waals surface area (Å²) in [7, 11) is 3.93. The second-order valence-electron chi connectivity index (χ2n) is 14.9. The van der Waals surface area contributed by atoms with Crippen LogP contribution in [0.4, 0.5) is 4.79 Å². The lowest BCUT2D eigenvalue weighted by molar-refractivity contribution is -0.145. The molecule has 54 heavy (non-hydrogen) atoms. The molecule has 314 valence electrons. The molecule has 0 radical (unpaired) electrons. The Hall–Kier alpha value is -1.87. The lowest BCUT2D eigenvalue weighted by Crippen LogP contribution is -2.38. The van der Waals surface area contributed by atoms with Crippen LogP contribution in [0, 0.1) is 0 Å². The first kappa shape index (κ1) is 52.1. The Morgan fingerprint density at radius 1 is 0.630 bits per heavy atom. The van der Waals surface area contributed by atoms with Crippen LogP contribution in [0.3, 0.4) is 0 Å². The molecular formula is C46H84N2O5S. The fourth-order valence-electron chi connectivity index (χ4n) is 5.88. The molecule has 2 atom stereocenters. The van der Waals surface area contributed by atoms with Crippen LogP contribution < -0.4 is 5.32 Å². The first-order chi connectivity index (χ1) is 26.4. The third-order valence-electron chi connectivity index (χ3n) is 9.26. The van der Waals surface area contributed by atoms with Crippen molar-refractivity contribution in [2.24, 2.45) is 0 Å². The number of thioether (sulfide) groups is 1. The third kappa shape index (κ3) is 41.3. The summed E-state index contributed by atoms with van der Waals surface area (Å²) < 4.78 is 11.2. The van der Waals surface area contributed by atoms with Crippen molar-refractivity contribution in [2.45, 2.75) is 193 Å². The Kier molecular flexibility index (Phi) is 40.8. The van der Waals surface area contributed by atoms with Gasteiger partial charge in [0.05, 0.1) is 13.0 Å². The van der Waals surface area contributed by atoms with Gasteiger partial charge in [-0.15, -0.1) is 0 Å². The van der Waals surface area contributed by atoms with Crippen molar-refractivity contribution >= 4 is 23.0 Å². The number of hydrogen-bond acceptors (Lipinski definition) is 7. The summed E-state index contributed by atoms with van der Waals surface area (Å²) in [6, 6.07) is -0.543. The van der Waals surface area contributed by atoms with Gasteiger partial charge in [-0.2, -0.15) is 0 Å². The number of carbonyl (C=O) groups excluding carboxylic acids is 2. The number of esters is 1. The molecule has 0 rings (SSSR count). The van der Waals surface area contributed by atoms with Gasteiger partial charge in [0, 0.05) is 31.4 Å². The van der Waals surface area contributed by atoms with Crippen molar-refractivity contribution in [2.75, 3.05) is 39.6 Å². The number of aliphatic hydroxyl groups is 1. The quantitative estimate of drug-likeness (QED) is 0.0278. The molecule has 0 heterocycles. The van der Waals surface area contributed by atoms with Crippen molar-refractivity contribution in [3.63, 3.8) is 0 Å². The second kappa shape index (κ2) is 42.3. The van der Waals surface area contributed by atoms with Crippen LogP contribution in [0.15, 0.2) is 48.6 Å². The van der Waals surface area contributed by atoms with E-state index in [-0.39, 0.29) is 24.1 Å². The van der Waals surface area contributed by atoms with E-state index in [0.29, 0.717) is 19.0 Å². The van der Waals surface area contributed by atoms with Gasteiger partial charge in [0.2, 0.25) is 0 Å². The van der Waals surface area contributed by atoms with Crippen molar-refractivity contribution in [3.8, 4) is 0 Å². The van der Waals surface area contributed by atoms with Crippen LogP contribution in [0.2, 0.25) is 0 Å². The molecule has 1 amide bonds. The minimum Gasteiger partial charge on any atom is -0.466 e. The van der Waals surface area contributed by atoms with Crippen LogP contribution >= 0.6 is 11.8 Å². The van der Waals surface area contributed by atoms with E-state index >= 15 is 0 Å². The molecule has 0 bridgehead atoms. The van der Waals surface area contributed by atoms with E-state index in [4.69, 9.17) is 9.47 Å². The molecule has 0 aliphatic heterocycles. The number of aliphatic hydroxyl groups excluding tert-OH is 1. The Labute approximate surface area is 337 Å². The van der Waals surface area contributed by atoms with Gasteiger partial charge < -0.3 is 24.8 Å². The summed E-state index contributed by atoms with van der Waals surface area (Å²) in [4.78, 5) is 27.3. The average Bonchev–Trinajstić information content (AvgIpc) is 3.14. The first-order valence-corrected chi connectivity index (χ1v) is 23.0. The first-order valence-electron chi connectivity index (χ1n) is 22.0. The predicted molar refractivity (Wildman–Crippen MR) is 234 cm³/mol. The fraction of sp³-hybridized carbons (Fsp3) is 0.783. The van der Waals surface area contributed by atoms with Crippen LogP contribution in [0.25, 0.3) is 0 Å². The number of unbranched alkanes of at least 4 members (excludes halogenated alkanes) is 18. The normalized spacial score (nSPS) is 13.3. The Morgan fingerprint density at radius 3 is 1.56 bits per heavy atom. The van der Waals surface area contributed by atoms with Crippen molar-refractivity contribution in [1.82, 2.24) is 10.2 Å². The van der Waals surface area contributed by atoms with E-state index in [1.54, 1.807) is 0 Å². The standard InChI is InChI=1S/C46H84N2O5S/c1-5-7-9-11-13-15-17-19-21-23-25-27-29-31-33-35-38-52-44(49)41-43(47-46(51)54-40-37-48(3)4)42-45(50)53-39-36-34-32-30-28-26-24-22-20-18-16-14-12-10-8-6-2/h13-16,19-22,43-44,49H,5-12,17-18,23-42H2,1-4H3,(H,47,51)/b15-13-,16-14-,21-19-,22-20-. The molecule has 0 saturated carbocycles. The number of nitrogens with one attached hydrogen (secondary N) is 1. The third-order valence-corrected chi connectivity index (χ3v) is 10.0. The molecule has 0 aliphatic rings. The SMILES string of the molecule is CCCCC/C=C\C/C=C\CCCCCCCCOC(=O)CC(CC(O)OCCCCCCCC/C=C\C/C=C\CCCCC)NC(=O)SCCN(C)C. The molecule has 0 fully saturated rings. The highest BCUT2D eigenvalue weighted by Crippen LogP contribution is 2.13. The summed E-state index contributed by atoms with van der Waals surface area (Å²) in [6.07, 6.45) is 45.5. The maximum Gasteiger partial charge on any atom is 0.307 e. The van der Waals surface area contributed by atoms with Gasteiger partial charge in [0.25, 0.3) is 5.24 Å². The molecule has 0 aromatic rings. The highest BCUT2D eigenvalue weighted by Gasteiger charge is 2.21. The molecule has 0 saturated heterocycles. The molecule has 2 unspecified atom stereocenters. The number of carbonyl (C=O) groups is 2. The van der Waals surface area contributed by atoms with Gasteiger partial charge in [-0.3, -0.25) is 9.59 Å². The Balaban J connectivity index is 4.17. The van der Waals surface area contributed by atoms with Crippen LogP contribution in [0.1, 0.15) is 181 Å². The zero-order chi connectivity index (χ0) is 39.6. The molecule has 0 aromatic carbocycles. The van der Waals surface area contributed by atoms with Gasteiger partial charge in [-0.1, -0.05) is 151 Å². The van der Waals surface area contributed by atoms with Gasteiger partial charge in [-0.25, -0.2) is 0 Å². The molecule has 0 spiro atoms. The summed E-state index contributed by atoms with van der Waals surface area (Å²) in [5.41, 5.74) is 0. The van der Waals surface area contributed by atoms with Gasteiger partial charge >= 0.3 is 5.97 Å². The summed E-state index contributed by atoms with van der Waals surface area (Å²) in [5, 5.41) is 13.3. The van der Waals surface area contributed by atoms with Crippen LogP contribution in [-0.4, -0.2) is 73.2 Å². The predicted octanol–water partition coefficient (Wildman–Crippen LogP) is 12.6. The molecule has 7 nitrogen and oxygen atoms in total. The summed E-state index contributed by atoms with van der Waals surface area (Å²) in [6.45, 7) is 6.11. The van der Waals surface area contributed by atoms with Gasteiger partial charge in [0.1, 0.15) is 0 Å². The van der Waals surface area contributed by atoms with Crippen molar-refractivity contribution in [1.29, 1.82) is 0 Å². The largest absolute Gasteiger partial charge is 0.466 e. The van der Waals surface area contributed by atoms with Gasteiger partial charge in [0.15, 0.2) is 6.29 Å². The minimum absolute atomic E-state index is 0.0213. The number of nitrogens with zero attached hydrogens (tertiary/aromatic N) is 1. The lowest BCUT2D eigenvalue weighted by atomic mass is 10.1. The topological polar surface area (TPSA) is 88.1 Å². The van der Waals surface area contributed by atoms with Crippen molar-refractivity contribution < 1.29 is 24.2 Å². The number of allylic oxidation sites excluding steroid dienone is 8. The van der Waals surface area contributed by atoms with E-state index in [1.807, 2.05) is 19.0 Å². The second-order valence-corrected chi connectivity index (χ2v) is 16.0. The minimum atomic E-state index is -1.04. The lowest BCUT2D eigenvalue weighted by Gasteiger charge is -2.21. The maximum absolute atomic E-state index is 12.7. The zero-order valence-corrected chi connectivity index (χ0v) is 36.2. The average molecular weight is 777 g/mol. The number of ether oxygens (including phenoxy) is 2. The Bertz CT molecular complexity index is 951. The zero-order valence-electron chi connectivity index (χ0n) is 35.4. The van der Waals surface area contributed by atoms with E-state index in [0.717, 1.165) is 70.8 Å². The molecule has 0 aromatic heterocycles. The number of hydrogen-bond donors (Lipinski definition) is 2. The van der Waals surface area contributed by atoms with Crippen molar-refractivity contribution in [3.05, 3.63) is 48.6 Å². The maximum atomic E-state index is 12.7. The number of amides is 1. The molecule has 2 N–H and O–H groups in total.